The molecule has 0 aromatic rings. The van der Waals surface area contributed by atoms with Crippen molar-refractivity contribution >= 4 is 17.4 Å². The molecule has 0 saturated heterocycles. The van der Waals surface area contributed by atoms with E-state index in [0.717, 1.165) is 38.1 Å². The Labute approximate surface area is 164 Å². The zero-order valence-corrected chi connectivity index (χ0v) is 20.4. The van der Waals surface area contributed by atoms with Crippen molar-refractivity contribution in [2.75, 3.05) is 33.0 Å². The Morgan fingerprint density at radius 1 is 0.538 bits per heavy atom. The molecule has 26 heavy (non-hydrogen) atoms. The van der Waals surface area contributed by atoms with Crippen LogP contribution in [-0.4, -0.2) is 50.4 Å². The number of hydrogen-bond donors (Lipinski definition) is 0. The molecule has 0 spiro atoms. The van der Waals surface area contributed by atoms with Crippen molar-refractivity contribution < 1.29 is 22.1 Å². The first-order valence-electron chi connectivity index (χ1n) is 10.7. The molecule has 0 amide bonds. The standard InChI is InChI=1S/C19H44O5Si2/c1-8-14-20-25(13-6,21-15-9-2)19(7)26(22-16-10-3,23-17-11-4)24-18-12-5/h19H,8-18H2,1-7H3. The molecule has 158 valence electrons. The molecule has 0 bridgehead atoms. The molecule has 0 aromatic carbocycles. The zero-order chi connectivity index (χ0) is 19.9. The van der Waals surface area contributed by atoms with E-state index in [1.165, 1.54) is 0 Å². The third-order valence-electron chi connectivity index (χ3n) is 4.31. The minimum Gasteiger partial charge on any atom is -0.394 e. The van der Waals surface area contributed by atoms with Crippen molar-refractivity contribution in [2.45, 2.75) is 91.8 Å². The lowest BCUT2D eigenvalue weighted by Crippen LogP contribution is -2.62. The maximum atomic E-state index is 6.45. The van der Waals surface area contributed by atoms with Crippen molar-refractivity contribution in [2.24, 2.45) is 0 Å². The Kier molecular flexibility index (Phi) is 15.3. The lowest BCUT2D eigenvalue weighted by Gasteiger charge is -2.42. The molecule has 0 aliphatic heterocycles. The van der Waals surface area contributed by atoms with Crippen LogP contribution in [0, 0.1) is 0 Å². The Morgan fingerprint density at radius 2 is 0.846 bits per heavy atom. The van der Waals surface area contributed by atoms with E-state index < -0.39 is 17.4 Å². The van der Waals surface area contributed by atoms with E-state index in [0.29, 0.717) is 33.0 Å². The van der Waals surface area contributed by atoms with E-state index in [1.807, 2.05) is 0 Å². The van der Waals surface area contributed by atoms with Gasteiger partial charge in [-0.25, -0.2) is 0 Å². The van der Waals surface area contributed by atoms with Crippen LogP contribution in [0.1, 0.15) is 80.6 Å². The Hall–Kier alpha value is 0.234. The monoisotopic (exact) mass is 408 g/mol. The predicted octanol–water partition coefficient (Wildman–Crippen LogP) is 5.45. The van der Waals surface area contributed by atoms with Crippen LogP contribution in [0.3, 0.4) is 0 Å². The molecule has 0 fully saturated rings. The quantitative estimate of drug-likeness (QED) is 0.282. The van der Waals surface area contributed by atoms with Crippen molar-refractivity contribution in [1.29, 1.82) is 0 Å². The summed E-state index contributed by atoms with van der Waals surface area (Å²) in [6, 6.07) is 0.878. The molecule has 0 aromatic heterocycles. The fraction of sp³-hybridized carbons (Fsp3) is 1.00. The second kappa shape index (κ2) is 15.2. The van der Waals surface area contributed by atoms with E-state index in [4.69, 9.17) is 22.1 Å². The third kappa shape index (κ3) is 8.08. The predicted molar refractivity (Wildman–Crippen MR) is 113 cm³/mol. The van der Waals surface area contributed by atoms with Gasteiger partial charge in [0.05, 0.1) is 5.16 Å². The van der Waals surface area contributed by atoms with Crippen molar-refractivity contribution in [3.63, 3.8) is 0 Å². The Morgan fingerprint density at radius 3 is 1.12 bits per heavy atom. The van der Waals surface area contributed by atoms with Gasteiger partial charge in [-0.15, -0.1) is 0 Å². The molecule has 0 radical (unpaired) electrons. The highest BCUT2D eigenvalue weighted by molar-refractivity contribution is 6.85. The fourth-order valence-electron chi connectivity index (χ4n) is 2.85. The van der Waals surface area contributed by atoms with Gasteiger partial charge in [0, 0.05) is 33.0 Å². The van der Waals surface area contributed by atoms with Gasteiger partial charge in [-0.2, -0.15) is 0 Å². The molecule has 0 N–H and O–H groups in total. The smallest absolute Gasteiger partial charge is 0.394 e. The van der Waals surface area contributed by atoms with Gasteiger partial charge in [0.1, 0.15) is 0 Å². The van der Waals surface area contributed by atoms with Crippen LogP contribution >= 0.6 is 0 Å². The maximum absolute atomic E-state index is 6.45. The van der Waals surface area contributed by atoms with E-state index in [1.54, 1.807) is 0 Å². The summed E-state index contributed by atoms with van der Waals surface area (Å²) < 4.78 is 32.0. The third-order valence-corrected chi connectivity index (χ3v) is 13.3. The van der Waals surface area contributed by atoms with Gasteiger partial charge in [0.15, 0.2) is 0 Å². The summed E-state index contributed by atoms with van der Waals surface area (Å²) in [7, 11) is -5.42. The van der Waals surface area contributed by atoms with Crippen LogP contribution in [0.2, 0.25) is 11.2 Å². The average Bonchev–Trinajstić information content (AvgIpc) is 2.68. The van der Waals surface area contributed by atoms with E-state index in [9.17, 15) is 0 Å². The van der Waals surface area contributed by atoms with Gasteiger partial charge in [-0.1, -0.05) is 48.5 Å². The summed E-state index contributed by atoms with van der Waals surface area (Å²) >= 11 is 0. The second-order valence-corrected chi connectivity index (χ2v) is 14.0. The fourth-order valence-corrected chi connectivity index (χ4v) is 12.0. The van der Waals surface area contributed by atoms with Gasteiger partial charge in [-0.3, -0.25) is 0 Å². The van der Waals surface area contributed by atoms with Gasteiger partial charge in [-0.05, 0) is 38.1 Å². The normalized spacial score (nSPS) is 14.0. The minimum absolute atomic E-state index is 0.0442. The molecule has 0 aliphatic carbocycles. The van der Waals surface area contributed by atoms with Crippen LogP contribution in [-0.2, 0) is 22.1 Å². The largest absolute Gasteiger partial charge is 0.505 e. The van der Waals surface area contributed by atoms with Crippen molar-refractivity contribution in [3.05, 3.63) is 0 Å². The summed E-state index contributed by atoms with van der Waals surface area (Å²) in [5.41, 5.74) is 0. The molecule has 1 unspecified atom stereocenters. The molecule has 7 heteroatoms. The summed E-state index contributed by atoms with van der Waals surface area (Å²) in [6.45, 7) is 18.4. The highest BCUT2D eigenvalue weighted by Crippen LogP contribution is 2.38. The molecule has 5 nitrogen and oxygen atoms in total. The molecule has 0 heterocycles. The van der Waals surface area contributed by atoms with Crippen molar-refractivity contribution in [1.82, 2.24) is 0 Å². The molecule has 0 saturated carbocycles. The van der Waals surface area contributed by atoms with Crippen LogP contribution in [0.25, 0.3) is 0 Å². The van der Waals surface area contributed by atoms with Gasteiger partial charge >= 0.3 is 17.4 Å². The summed E-state index contributed by atoms with van der Waals surface area (Å²) in [4.78, 5) is 0. The summed E-state index contributed by atoms with van der Waals surface area (Å²) in [6.07, 6.45) is 4.79. The minimum atomic E-state index is -2.91. The van der Waals surface area contributed by atoms with Crippen molar-refractivity contribution in [3.8, 4) is 0 Å². The molecule has 1 atom stereocenters. The Bertz CT molecular complexity index is 301. The van der Waals surface area contributed by atoms with Crippen LogP contribution < -0.4 is 0 Å². The zero-order valence-electron chi connectivity index (χ0n) is 18.4. The molecular formula is C19H44O5Si2. The lowest BCUT2D eigenvalue weighted by atomic mass is 10.5. The van der Waals surface area contributed by atoms with E-state index in [2.05, 4.69) is 48.5 Å². The Balaban J connectivity index is 5.79. The first-order chi connectivity index (χ1) is 12.5. The molecule has 0 aliphatic rings. The number of rotatable bonds is 18. The molecular weight excluding hydrogens is 364 g/mol. The highest BCUT2D eigenvalue weighted by Gasteiger charge is 2.60. The summed E-state index contributed by atoms with van der Waals surface area (Å²) in [5, 5.41) is 0.0442. The highest BCUT2D eigenvalue weighted by atomic mass is 28.4. The average molecular weight is 409 g/mol. The lowest BCUT2D eigenvalue weighted by molar-refractivity contribution is 0.0493. The topological polar surface area (TPSA) is 46.2 Å². The van der Waals surface area contributed by atoms with Crippen LogP contribution in [0.5, 0.6) is 0 Å². The SMILES string of the molecule is CCCO[Si](CC)(OCCC)C(C)[Si](OCCC)(OCCC)OCCC. The first kappa shape index (κ1) is 26.2. The van der Waals surface area contributed by atoms with Crippen LogP contribution in [0.4, 0.5) is 0 Å². The second-order valence-electron chi connectivity index (χ2n) is 6.73. The number of hydrogen-bond acceptors (Lipinski definition) is 5. The maximum Gasteiger partial charge on any atom is 0.505 e. The van der Waals surface area contributed by atoms with E-state index in [-0.39, 0.29) is 5.16 Å². The van der Waals surface area contributed by atoms with Gasteiger partial charge in [0.25, 0.3) is 0 Å². The van der Waals surface area contributed by atoms with E-state index >= 15 is 0 Å². The molecule has 0 rings (SSSR count). The first-order valence-corrected chi connectivity index (χ1v) is 14.6. The summed E-state index contributed by atoms with van der Waals surface area (Å²) in [5.74, 6) is 0. The van der Waals surface area contributed by atoms with Gasteiger partial charge in [0.2, 0.25) is 0 Å². The van der Waals surface area contributed by atoms with Crippen LogP contribution in [0.15, 0.2) is 0 Å². The van der Waals surface area contributed by atoms with Gasteiger partial charge < -0.3 is 22.1 Å².